The van der Waals surface area contributed by atoms with Crippen molar-refractivity contribution in [3.05, 3.63) is 29.8 Å². The second-order valence-electron chi connectivity index (χ2n) is 3.70. The van der Waals surface area contributed by atoms with Gasteiger partial charge in [-0.2, -0.15) is 0 Å². The highest BCUT2D eigenvalue weighted by atomic mass is 16.5. The highest BCUT2D eigenvalue weighted by Crippen LogP contribution is 2.24. The van der Waals surface area contributed by atoms with Gasteiger partial charge in [0.25, 0.3) is 0 Å². The van der Waals surface area contributed by atoms with Gasteiger partial charge in [-0.15, -0.1) is 0 Å². The molecule has 1 unspecified atom stereocenters. The van der Waals surface area contributed by atoms with Crippen LogP contribution in [0, 0.1) is 0 Å². The molecule has 4 nitrogen and oxygen atoms in total. The third-order valence-corrected chi connectivity index (χ3v) is 2.41. The van der Waals surface area contributed by atoms with Gasteiger partial charge in [-0.1, -0.05) is 25.1 Å². The van der Waals surface area contributed by atoms with Gasteiger partial charge >= 0.3 is 0 Å². The minimum atomic E-state index is -0.548. The largest absolute Gasteiger partial charge is 0.491 e. The molecule has 0 heterocycles. The first-order chi connectivity index (χ1) is 8.29. The molecule has 0 radical (unpaired) electrons. The Morgan fingerprint density at radius 2 is 2.06 bits per heavy atom. The molecule has 0 aliphatic heterocycles. The van der Waals surface area contributed by atoms with Crippen molar-refractivity contribution in [1.82, 2.24) is 5.32 Å². The molecule has 0 bridgehead atoms. The summed E-state index contributed by atoms with van der Waals surface area (Å²) in [5, 5.41) is 13.1. The summed E-state index contributed by atoms with van der Waals surface area (Å²) in [7, 11) is 1.63. The lowest BCUT2D eigenvalue weighted by Gasteiger charge is -2.16. The molecule has 1 rings (SSSR count). The SMILES string of the molecule is CCNCC(O)c1ccccc1OCCOC. The lowest BCUT2D eigenvalue weighted by molar-refractivity contribution is 0.138. The normalized spacial score (nSPS) is 12.4. The molecule has 1 atom stereocenters. The number of aliphatic hydroxyl groups is 1. The first-order valence-corrected chi connectivity index (χ1v) is 5.89. The number of rotatable bonds is 8. The summed E-state index contributed by atoms with van der Waals surface area (Å²) < 4.78 is 10.5. The standard InChI is InChI=1S/C13H21NO3/c1-3-14-10-12(15)11-6-4-5-7-13(11)17-9-8-16-2/h4-7,12,14-15H,3,8-10H2,1-2H3. The van der Waals surface area contributed by atoms with Crippen LogP contribution in [0.3, 0.4) is 0 Å². The van der Waals surface area contributed by atoms with Gasteiger partial charge in [-0.05, 0) is 12.6 Å². The van der Waals surface area contributed by atoms with Gasteiger partial charge in [0.15, 0.2) is 0 Å². The predicted molar refractivity (Wildman–Crippen MR) is 67.3 cm³/mol. The van der Waals surface area contributed by atoms with Gasteiger partial charge in [0, 0.05) is 19.2 Å². The Balaban J connectivity index is 2.62. The van der Waals surface area contributed by atoms with Crippen molar-refractivity contribution in [3.63, 3.8) is 0 Å². The average molecular weight is 239 g/mol. The topological polar surface area (TPSA) is 50.7 Å². The van der Waals surface area contributed by atoms with E-state index in [2.05, 4.69) is 5.32 Å². The van der Waals surface area contributed by atoms with E-state index in [1.807, 2.05) is 31.2 Å². The van der Waals surface area contributed by atoms with Crippen LogP contribution in [0.5, 0.6) is 5.75 Å². The molecular weight excluding hydrogens is 218 g/mol. The van der Waals surface area contributed by atoms with Crippen LogP contribution >= 0.6 is 0 Å². The number of aliphatic hydroxyl groups excluding tert-OH is 1. The molecule has 1 aromatic rings. The van der Waals surface area contributed by atoms with E-state index >= 15 is 0 Å². The Morgan fingerprint density at radius 3 is 2.76 bits per heavy atom. The molecule has 17 heavy (non-hydrogen) atoms. The monoisotopic (exact) mass is 239 g/mol. The molecule has 0 aliphatic carbocycles. The third kappa shape index (κ3) is 4.73. The molecule has 0 saturated carbocycles. The number of hydrogen-bond donors (Lipinski definition) is 2. The zero-order valence-corrected chi connectivity index (χ0v) is 10.5. The van der Waals surface area contributed by atoms with Crippen LogP contribution in [0.15, 0.2) is 24.3 Å². The lowest BCUT2D eigenvalue weighted by Crippen LogP contribution is -2.21. The van der Waals surface area contributed by atoms with Crippen molar-refractivity contribution in [2.75, 3.05) is 33.4 Å². The number of ether oxygens (including phenoxy) is 2. The quantitative estimate of drug-likeness (QED) is 0.672. The van der Waals surface area contributed by atoms with Crippen molar-refractivity contribution in [1.29, 1.82) is 0 Å². The summed E-state index contributed by atoms with van der Waals surface area (Å²) in [5.41, 5.74) is 0.810. The van der Waals surface area contributed by atoms with E-state index < -0.39 is 6.10 Å². The van der Waals surface area contributed by atoms with E-state index in [9.17, 15) is 5.11 Å². The highest BCUT2D eigenvalue weighted by molar-refractivity contribution is 5.35. The Labute approximate surface area is 103 Å². The predicted octanol–water partition coefficient (Wildman–Crippen LogP) is 1.35. The maximum atomic E-state index is 10.0. The lowest BCUT2D eigenvalue weighted by atomic mass is 10.1. The fourth-order valence-electron chi connectivity index (χ4n) is 1.51. The van der Waals surface area contributed by atoms with E-state index in [-0.39, 0.29) is 0 Å². The Morgan fingerprint density at radius 1 is 1.29 bits per heavy atom. The van der Waals surface area contributed by atoms with Gasteiger partial charge in [0.2, 0.25) is 0 Å². The first-order valence-electron chi connectivity index (χ1n) is 5.89. The summed E-state index contributed by atoms with van der Waals surface area (Å²) in [6.07, 6.45) is -0.548. The maximum absolute atomic E-state index is 10.0. The van der Waals surface area contributed by atoms with Crippen LogP contribution in [0.25, 0.3) is 0 Å². The fourth-order valence-corrected chi connectivity index (χ4v) is 1.51. The zero-order valence-electron chi connectivity index (χ0n) is 10.5. The van der Waals surface area contributed by atoms with Crippen LogP contribution in [0.4, 0.5) is 0 Å². The van der Waals surface area contributed by atoms with Crippen molar-refractivity contribution in [2.45, 2.75) is 13.0 Å². The number of hydrogen-bond acceptors (Lipinski definition) is 4. The van der Waals surface area contributed by atoms with Crippen LogP contribution in [-0.4, -0.2) is 38.5 Å². The van der Waals surface area contributed by atoms with E-state index in [0.717, 1.165) is 17.9 Å². The minimum Gasteiger partial charge on any atom is -0.491 e. The zero-order chi connectivity index (χ0) is 12.5. The third-order valence-electron chi connectivity index (χ3n) is 2.41. The van der Waals surface area contributed by atoms with Crippen molar-refractivity contribution >= 4 is 0 Å². The van der Waals surface area contributed by atoms with Crippen LogP contribution in [0.2, 0.25) is 0 Å². The van der Waals surface area contributed by atoms with Crippen LogP contribution in [0.1, 0.15) is 18.6 Å². The Bertz CT molecular complexity index is 317. The number of methoxy groups -OCH3 is 1. The van der Waals surface area contributed by atoms with E-state index in [4.69, 9.17) is 9.47 Å². The molecule has 0 amide bonds. The van der Waals surface area contributed by atoms with Gasteiger partial charge in [-0.3, -0.25) is 0 Å². The summed E-state index contributed by atoms with van der Waals surface area (Å²) in [4.78, 5) is 0. The molecular formula is C13H21NO3. The average Bonchev–Trinajstić information content (AvgIpc) is 2.37. The van der Waals surface area contributed by atoms with Crippen LogP contribution < -0.4 is 10.1 Å². The van der Waals surface area contributed by atoms with Gasteiger partial charge in [0.05, 0.1) is 12.7 Å². The van der Waals surface area contributed by atoms with Crippen LogP contribution in [-0.2, 0) is 4.74 Å². The van der Waals surface area contributed by atoms with Crippen molar-refractivity contribution in [3.8, 4) is 5.75 Å². The maximum Gasteiger partial charge on any atom is 0.125 e. The van der Waals surface area contributed by atoms with Gasteiger partial charge in [0.1, 0.15) is 12.4 Å². The van der Waals surface area contributed by atoms with Crippen molar-refractivity contribution < 1.29 is 14.6 Å². The molecule has 4 heteroatoms. The second-order valence-corrected chi connectivity index (χ2v) is 3.70. The molecule has 0 saturated heterocycles. The summed E-state index contributed by atoms with van der Waals surface area (Å²) in [5.74, 6) is 0.718. The molecule has 1 aromatic carbocycles. The summed E-state index contributed by atoms with van der Waals surface area (Å²) >= 11 is 0. The molecule has 2 N–H and O–H groups in total. The Kier molecular flexibility index (Phi) is 6.62. The van der Waals surface area contributed by atoms with E-state index in [1.165, 1.54) is 0 Å². The molecule has 0 fully saturated rings. The van der Waals surface area contributed by atoms with E-state index in [0.29, 0.717) is 19.8 Å². The number of likely N-dealkylation sites (N-methyl/N-ethyl adjacent to an activating group) is 1. The summed E-state index contributed by atoms with van der Waals surface area (Å²) in [6, 6.07) is 7.53. The summed E-state index contributed by atoms with van der Waals surface area (Å²) in [6.45, 7) is 4.40. The number of nitrogens with one attached hydrogen (secondary N) is 1. The smallest absolute Gasteiger partial charge is 0.125 e. The van der Waals surface area contributed by atoms with Crippen molar-refractivity contribution in [2.24, 2.45) is 0 Å². The molecule has 0 aliphatic rings. The fraction of sp³-hybridized carbons (Fsp3) is 0.538. The van der Waals surface area contributed by atoms with Gasteiger partial charge < -0.3 is 19.9 Å². The molecule has 96 valence electrons. The highest BCUT2D eigenvalue weighted by Gasteiger charge is 2.12. The number of benzene rings is 1. The Hall–Kier alpha value is -1.10. The van der Waals surface area contributed by atoms with Gasteiger partial charge in [-0.25, -0.2) is 0 Å². The minimum absolute atomic E-state index is 0.488. The second kappa shape index (κ2) is 8.06. The molecule has 0 spiro atoms. The van der Waals surface area contributed by atoms with E-state index in [1.54, 1.807) is 7.11 Å². The first kappa shape index (κ1) is 14.0. The molecule has 0 aromatic heterocycles. The number of para-hydroxylation sites is 1.